The van der Waals surface area contributed by atoms with Crippen LogP contribution in [0.5, 0.6) is 0 Å². The molecule has 27 heavy (non-hydrogen) atoms. The van der Waals surface area contributed by atoms with Gasteiger partial charge in [0.05, 0.1) is 16.8 Å². The zero-order valence-electron chi connectivity index (χ0n) is 14.1. The quantitative estimate of drug-likeness (QED) is 0.683. The van der Waals surface area contributed by atoms with Gasteiger partial charge in [0.1, 0.15) is 5.56 Å². The van der Waals surface area contributed by atoms with E-state index in [-0.39, 0.29) is 10.6 Å². The van der Waals surface area contributed by atoms with Crippen molar-refractivity contribution in [3.63, 3.8) is 0 Å². The third-order valence-corrected chi connectivity index (χ3v) is 4.34. The van der Waals surface area contributed by atoms with Crippen molar-refractivity contribution in [2.45, 2.75) is 19.6 Å². The number of alkyl halides is 3. The third-order valence-electron chi connectivity index (χ3n) is 4.11. The molecule has 4 nitrogen and oxygen atoms in total. The van der Waals surface area contributed by atoms with E-state index in [0.717, 1.165) is 12.1 Å². The Morgan fingerprint density at radius 3 is 2.56 bits per heavy atom. The Balaban J connectivity index is 2.09. The van der Waals surface area contributed by atoms with Crippen LogP contribution in [0.2, 0.25) is 5.02 Å². The molecule has 0 aliphatic rings. The fourth-order valence-electron chi connectivity index (χ4n) is 2.82. The molecule has 8 heteroatoms. The van der Waals surface area contributed by atoms with Gasteiger partial charge in [-0.2, -0.15) is 13.2 Å². The molecule has 2 aromatic carbocycles. The number of hydrogen-bond acceptors (Lipinski definition) is 2. The van der Waals surface area contributed by atoms with Crippen LogP contribution in [0.15, 0.2) is 53.5 Å². The summed E-state index contributed by atoms with van der Waals surface area (Å²) in [4.78, 5) is 25.2. The van der Waals surface area contributed by atoms with Gasteiger partial charge in [0.2, 0.25) is 5.43 Å². The Kier molecular flexibility index (Phi) is 4.97. The van der Waals surface area contributed by atoms with Crippen molar-refractivity contribution in [1.29, 1.82) is 0 Å². The molecule has 0 aliphatic carbocycles. The van der Waals surface area contributed by atoms with Gasteiger partial charge in [-0.05, 0) is 37.3 Å². The molecule has 140 valence electrons. The van der Waals surface area contributed by atoms with Crippen molar-refractivity contribution >= 4 is 34.1 Å². The lowest BCUT2D eigenvalue weighted by atomic mass is 10.1. The highest BCUT2D eigenvalue weighted by atomic mass is 35.5. The standard InChI is InChI=1S/C19H14ClF3N2O2/c1-2-25-10-13(17(26)12-5-3-4-6-16(12)25)18(27)24-15-8-7-11(20)9-14(15)19(21,22)23/h3-10H,2H2,1H3,(H,24,27). The molecule has 0 bridgehead atoms. The van der Waals surface area contributed by atoms with E-state index in [1.54, 1.807) is 28.8 Å². The number of carbonyl (C=O) groups is 1. The number of rotatable bonds is 3. The van der Waals surface area contributed by atoms with Gasteiger partial charge >= 0.3 is 6.18 Å². The molecule has 0 aliphatic heterocycles. The van der Waals surface area contributed by atoms with Gasteiger partial charge < -0.3 is 9.88 Å². The van der Waals surface area contributed by atoms with Crippen LogP contribution in [0.3, 0.4) is 0 Å². The maximum atomic E-state index is 13.2. The van der Waals surface area contributed by atoms with E-state index in [9.17, 15) is 22.8 Å². The number of hydrogen-bond donors (Lipinski definition) is 1. The molecule has 0 atom stereocenters. The lowest BCUT2D eigenvalue weighted by Gasteiger charge is -2.15. The van der Waals surface area contributed by atoms with E-state index >= 15 is 0 Å². The van der Waals surface area contributed by atoms with E-state index < -0.39 is 28.8 Å². The Labute approximate surface area is 157 Å². The van der Waals surface area contributed by atoms with Gasteiger partial charge in [-0.3, -0.25) is 9.59 Å². The minimum atomic E-state index is -4.71. The number of nitrogens with one attached hydrogen (secondary N) is 1. The molecule has 0 fully saturated rings. The lowest BCUT2D eigenvalue weighted by molar-refractivity contribution is -0.136. The van der Waals surface area contributed by atoms with E-state index in [4.69, 9.17) is 11.6 Å². The van der Waals surface area contributed by atoms with Crippen molar-refractivity contribution in [1.82, 2.24) is 4.57 Å². The van der Waals surface area contributed by atoms with Gasteiger partial charge in [-0.25, -0.2) is 0 Å². The number of nitrogens with zero attached hydrogens (tertiary/aromatic N) is 1. The summed E-state index contributed by atoms with van der Waals surface area (Å²) in [7, 11) is 0. The van der Waals surface area contributed by atoms with Gasteiger partial charge in [-0.15, -0.1) is 0 Å². The van der Waals surface area contributed by atoms with E-state index in [0.29, 0.717) is 17.4 Å². The normalized spacial score (nSPS) is 11.6. The van der Waals surface area contributed by atoms with Crippen molar-refractivity contribution in [3.8, 4) is 0 Å². The molecule has 3 rings (SSSR count). The molecular formula is C19H14ClF3N2O2. The molecule has 0 saturated heterocycles. The van der Waals surface area contributed by atoms with Crippen LogP contribution in [0.4, 0.5) is 18.9 Å². The molecule has 1 aromatic heterocycles. The van der Waals surface area contributed by atoms with Crippen LogP contribution in [0.1, 0.15) is 22.8 Å². The number of halogens is 4. The van der Waals surface area contributed by atoms with E-state index in [2.05, 4.69) is 5.32 Å². The minimum Gasteiger partial charge on any atom is -0.347 e. The highest BCUT2D eigenvalue weighted by molar-refractivity contribution is 6.30. The van der Waals surface area contributed by atoms with Gasteiger partial charge in [0, 0.05) is 23.2 Å². The number of amides is 1. The molecule has 0 spiro atoms. The number of carbonyl (C=O) groups excluding carboxylic acids is 1. The Bertz CT molecular complexity index is 1090. The van der Waals surface area contributed by atoms with Crippen molar-refractivity contribution in [2.24, 2.45) is 0 Å². The summed E-state index contributed by atoms with van der Waals surface area (Å²) in [5.41, 5.74) is -1.69. The Morgan fingerprint density at radius 2 is 1.89 bits per heavy atom. The molecule has 0 saturated carbocycles. The van der Waals surface area contributed by atoms with E-state index in [1.807, 2.05) is 6.92 Å². The van der Waals surface area contributed by atoms with Crippen molar-refractivity contribution in [3.05, 3.63) is 75.0 Å². The zero-order valence-corrected chi connectivity index (χ0v) is 14.9. The summed E-state index contributed by atoms with van der Waals surface area (Å²) in [5.74, 6) is -0.916. The summed E-state index contributed by atoms with van der Waals surface area (Å²) < 4.78 is 41.3. The molecular weight excluding hydrogens is 381 g/mol. The van der Waals surface area contributed by atoms with Crippen LogP contribution >= 0.6 is 11.6 Å². The lowest BCUT2D eigenvalue weighted by Crippen LogP contribution is -2.25. The summed E-state index contributed by atoms with van der Waals surface area (Å²) in [6.45, 7) is 2.31. The fourth-order valence-corrected chi connectivity index (χ4v) is 2.99. The van der Waals surface area contributed by atoms with Crippen LogP contribution in [0.25, 0.3) is 10.9 Å². The SMILES string of the molecule is CCn1cc(C(=O)Nc2ccc(Cl)cc2C(F)(F)F)c(=O)c2ccccc21. The molecule has 1 heterocycles. The van der Waals surface area contributed by atoms with Crippen molar-refractivity contribution < 1.29 is 18.0 Å². The fraction of sp³-hybridized carbons (Fsp3) is 0.158. The van der Waals surface area contributed by atoms with E-state index in [1.165, 1.54) is 12.3 Å². The maximum Gasteiger partial charge on any atom is 0.418 e. The Hall–Kier alpha value is -2.80. The smallest absolute Gasteiger partial charge is 0.347 e. The van der Waals surface area contributed by atoms with Crippen LogP contribution in [-0.2, 0) is 12.7 Å². The highest BCUT2D eigenvalue weighted by Crippen LogP contribution is 2.36. The number of anilines is 1. The number of para-hydroxylation sites is 1. The first-order chi connectivity index (χ1) is 12.7. The molecule has 3 aromatic rings. The second-order valence-electron chi connectivity index (χ2n) is 5.82. The summed E-state index contributed by atoms with van der Waals surface area (Å²) in [6, 6.07) is 9.75. The average molecular weight is 395 g/mol. The van der Waals surface area contributed by atoms with Crippen LogP contribution in [0, 0.1) is 0 Å². The Morgan fingerprint density at radius 1 is 1.19 bits per heavy atom. The predicted molar refractivity (Wildman–Crippen MR) is 98.3 cm³/mol. The summed E-state index contributed by atoms with van der Waals surface area (Å²) in [5, 5.41) is 2.39. The molecule has 0 unspecified atom stereocenters. The van der Waals surface area contributed by atoms with Gasteiger partial charge in [0.15, 0.2) is 0 Å². The van der Waals surface area contributed by atoms with Crippen LogP contribution < -0.4 is 10.7 Å². The second kappa shape index (κ2) is 7.08. The topological polar surface area (TPSA) is 51.1 Å². The number of pyridine rings is 1. The second-order valence-corrected chi connectivity index (χ2v) is 6.25. The third kappa shape index (κ3) is 3.68. The molecule has 1 N–H and O–H groups in total. The molecule has 0 radical (unpaired) electrons. The minimum absolute atomic E-state index is 0.112. The first-order valence-corrected chi connectivity index (χ1v) is 8.40. The monoisotopic (exact) mass is 394 g/mol. The van der Waals surface area contributed by atoms with Gasteiger partial charge in [0.25, 0.3) is 5.91 Å². The maximum absolute atomic E-state index is 13.2. The number of fused-ring (bicyclic) bond motifs is 1. The predicted octanol–water partition coefficient (Wildman–Crippen LogP) is 4.95. The zero-order chi connectivity index (χ0) is 19.8. The van der Waals surface area contributed by atoms with Crippen molar-refractivity contribution in [2.75, 3.05) is 5.32 Å². The first-order valence-electron chi connectivity index (χ1n) is 8.02. The largest absolute Gasteiger partial charge is 0.418 e. The average Bonchev–Trinajstić information content (AvgIpc) is 2.63. The first kappa shape index (κ1) is 19.0. The highest BCUT2D eigenvalue weighted by Gasteiger charge is 2.34. The number of aromatic nitrogens is 1. The summed E-state index contributed by atoms with van der Waals surface area (Å²) in [6.07, 6.45) is -3.36. The number of aryl methyl sites for hydroxylation is 1. The summed E-state index contributed by atoms with van der Waals surface area (Å²) >= 11 is 5.64. The number of benzene rings is 2. The molecule has 1 amide bonds. The van der Waals surface area contributed by atoms with Gasteiger partial charge in [-0.1, -0.05) is 23.7 Å². The van der Waals surface area contributed by atoms with Crippen LogP contribution in [-0.4, -0.2) is 10.5 Å².